The van der Waals surface area contributed by atoms with Gasteiger partial charge >= 0.3 is 0 Å². The maximum absolute atomic E-state index is 13.7. The molecule has 0 aliphatic heterocycles. The van der Waals surface area contributed by atoms with E-state index < -0.39 is 11.7 Å². The third-order valence-electron chi connectivity index (χ3n) is 2.56. The molecule has 2 rings (SSSR count). The van der Waals surface area contributed by atoms with Crippen molar-refractivity contribution >= 4 is 23.2 Å². The fraction of sp³-hybridized carbons (Fsp3) is 0.0714. The van der Waals surface area contributed by atoms with E-state index in [1.807, 2.05) is 0 Å². The highest BCUT2D eigenvalue weighted by molar-refractivity contribution is 6.31. The molecule has 2 N–H and O–H groups in total. The Labute approximate surface area is 114 Å². The summed E-state index contributed by atoms with van der Waals surface area (Å²) in [5.74, 6) is -1.34. The smallest absolute Gasteiger partial charge is 0.258 e. The zero-order valence-corrected chi connectivity index (χ0v) is 10.6. The number of anilines is 1. The number of carbonyl (C=O) groups excluding carboxylic acids is 1. The number of carbonyl (C=O) groups is 1. The summed E-state index contributed by atoms with van der Waals surface area (Å²) in [6.07, 6.45) is 0. The Morgan fingerprint density at radius 3 is 2.74 bits per heavy atom. The van der Waals surface area contributed by atoms with Crippen LogP contribution in [0.15, 0.2) is 42.5 Å². The number of hydrogen-bond donors (Lipinski definition) is 2. The molecule has 0 bridgehead atoms. The first-order valence-electron chi connectivity index (χ1n) is 5.57. The molecule has 1 amide bonds. The Morgan fingerprint density at radius 1 is 1.26 bits per heavy atom. The van der Waals surface area contributed by atoms with Crippen molar-refractivity contribution in [2.45, 2.75) is 6.61 Å². The van der Waals surface area contributed by atoms with E-state index >= 15 is 0 Å². The lowest BCUT2D eigenvalue weighted by Gasteiger charge is -2.07. The van der Waals surface area contributed by atoms with Gasteiger partial charge < -0.3 is 10.4 Å². The molecular weight excluding hydrogens is 269 g/mol. The molecule has 0 unspecified atom stereocenters. The third-order valence-corrected chi connectivity index (χ3v) is 2.86. The maximum atomic E-state index is 13.7. The van der Waals surface area contributed by atoms with E-state index in [0.29, 0.717) is 11.3 Å². The van der Waals surface area contributed by atoms with Crippen molar-refractivity contribution in [3.63, 3.8) is 0 Å². The quantitative estimate of drug-likeness (QED) is 0.906. The predicted octanol–water partition coefficient (Wildman–Crippen LogP) is 3.22. The van der Waals surface area contributed by atoms with E-state index in [1.165, 1.54) is 18.2 Å². The SMILES string of the molecule is O=C(Nc1cccc(CO)c1)c1cccc(Cl)c1F. The molecule has 0 fully saturated rings. The summed E-state index contributed by atoms with van der Waals surface area (Å²) >= 11 is 5.62. The third kappa shape index (κ3) is 3.10. The second-order valence-corrected chi connectivity index (χ2v) is 4.32. The number of nitrogens with one attached hydrogen (secondary N) is 1. The molecule has 0 spiro atoms. The predicted molar refractivity (Wildman–Crippen MR) is 71.7 cm³/mol. The first-order chi connectivity index (χ1) is 9.11. The highest BCUT2D eigenvalue weighted by Crippen LogP contribution is 2.19. The lowest BCUT2D eigenvalue weighted by atomic mass is 10.1. The van der Waals surface area contributed by atoms with Crippen LogP contribution in [0.3, 0.4) is 0 Å². The number of rotatable bonds is 3. The fourth-order valence-electron chi connectivity index (χ4n) is 1.63. The van der Waals surface area contributed by atoms with Crippen molar-refractivity contribution in [2.24, 2.45) is 0 Å². The van der Waals surface area contributed by atoms with Crippen LogP contribution in [0.5, 0.6) is 0 Å². The van der Waals surface area contributed by atoms with Gasteiger partial charge in [-0.1, -0.05) is 29.8 Å². The summed E-state index contributed by atoms with van der Waals surface area (Å²) in [6, 6.07) is 10.9. The minimum atomic E-state index is -0.750. The van der Waals surface area contributed by atoms with Crippen LogP contribution < -0.4 is 5.32 Å². The average Bonchev–Trinajstić information content (AvgIpc) is 2.42. The number of hydrogen-bond acceptors (Lipinski definition) is 2. The second kappa shape index (κ2) is 5.82. The van der Waals surface area contributed by atoms with Crippen LogP contribution >= 0.6 is 11.6 Å². The summed E-state index contributed by atoms with van der Waals surface area (Å²) in [5.41, 5.74) is 1.02. The Bertz CT molecular complexity index is 616. The second-order valence-electron chi connectivity index (χ2n) is 3.91. The number of benzene rings is 2. The molecule has 0 saturated heterocycles. The summed E-state index contributed by atoms with van der Waals surface area (Å²) in [7, 11) is 0. The van der Waals surface area contributed by atoms with E-state index in [0.717, 1.165) is 0 Å². The van der Waals surface area contributed by atoms with Crippen molar-refractivity contribution in [1.29, 1.82) is 0 Å². The first-order valence-corrected chi connectivity index (χ1v) is 5.95. The monoisotopic (exact) mass is 279 g/mol. The van der Waals surface area contributed by atoms with Crippen molar-refractivity contribution < 1.29 is 14.3 Å². The zero-order chi connectivity index (χ0) is 13.8. The molecule has 0 radical (unpaired) electrons. The van der Waals surface area contributed by atoms with Gasteiger partial charge in [0.1, 0.15) is 0 Å². The van der Waals surface area contributed by atoms with Crippen LogP contribution in [0.2, 0.25) is 5.02 Å². The summed E-state index contributed by atoms with van der Waals surface area (Å²) in [6.45, 7) is -0.130. The van der Waals surface area contributed by atoms with Crippen molar-refractivity contribution in [1.82, 2.24) is 0 Å². The summed E-state index contributed by atoms with van der Waals surface area (Å²) in [5, 5.41) is 11.5. The van der Waals surface area contributed by atoms with Gasteiger partial charge in [0.05, 0.1) is 17.2 Å². The van der Waals surface area contributed by atoms with Gasteiger partial charge in [-0.05, 0) is 29.8 Å². The van der Waals surface area contributed by atoms with Crippen LogP contribution in [0, 0.1) is 5.82 Å². The minimum Gasteiger partial charge on any atom is -0.392 e. The molecule has 98 valence electrons. The molecule has 3 nitrogen and oxygen atoms in total. The molecule has 19 heavy (non-hydrogen) atoms. The van der Waals surface area contributed by atoms with Crippen molar-refractivity contribution in [2.75, 3.05) is 5.32 Å². The van der Waals surface area contributed by atoms with Crippen LogP contribution in [0.4, 0.5) is 10.1 Å². The van der Waals surface area contributed by atoms with Crippen LogP contribution in [0.25, 0.3) is 0 Å². The topological polar surface area (TPSA) is 49.3 Å². The molecule has 0 heterocycles. The van der Waals surface area contributed by atoms with E-state index in [9.17, 15) is 9.18 Å². The standard InChI is InChI=1S/C14H11ClFNO2/c15-12-6-2-5-11(13(12)16)14(19)17-10-4-1-3-9(7-10)8-18/h1-7,18H,8H2,(H,17,19). The zero-order valence-electron chi connectivity index (χ0n) is 9.86. The Hall–Kier alpha value is -1.91. The van der Waals surface area contributed by atoms with Gasteiger partial charge in [-0.2, -0.15) is 0 Å². The van der Waals surface area contributed by atoms with Crippen LogP contribution in [-0.2, 0) is 6.61 Å². The largest absolute Gasteiger partial charge is 0.392 e. The average molecular weight is 280 g/mol. The molecule has 0 aliphatic rings. The van der Waals surface area contributed by atoms with Crippen molar-refractivity contribution in [3.05, 3.63) is 64.4 Å². The minimum absolute atomic E-state index is 0.100. The summed E-state index contributed by atoms with van der Waals surface area (Å²) < 4.78 is 13.7. The van der Waals surface area contributed by atoms with E-state index in [-0.39, 0.29) is 17.2 Å². The van der Waals surface area contributed by atoms with Crippen LogP contribution in [0.1, 0.15) is 15.9 Å². The Balaban J connectivity index is 2.23. The molecule has 0 aliphatic carbocycles. The molecule has 0 saturated carbocycles. The molecule has 0 atom stereocenters. The highest BCUT2D eigenvalue weighted by Gasteiger charge is 2.14. The van der Waals surface area contributed by atoms with Gasteiger partial charge in [-0.15, -0.1) is 0 Å². The first kappa shape index (κ1) is 13.5. The number of amides is 1. The van der Waals surface area contributed by atoms with Crippen molar-refractivity contribution in [3.8, 4) is 0 Å². The van der Waals surface area contributed by atoms with Gasteiger partial charge in [0.25, 0.3) is 5.91 Å². The van der Waals surface area contributed by atoms with Gasteiger partial charge in [-0.3, -0.25) is 4.79 Å². The summed E-state index contributed by atoms with van der Waals surface area (Å²) in [4.78, 5) is 11.9. The van der Waals surface area contributed by atoms with Crippen LogP contribution in [-0.4, -0.2) is 11.0 Å². The molecular formula is C14H11ClFNO2. The molecule has 0 aromatic heterocycles. The molecule has 2 aromatic carbocycles. The van der Waals surface area contributed by atoms with Gasteiger partial charge in [0.15, 0.2) is 5.82 Å². The highest BCUT2D eigenvalue weighted by atomic mass is 35.5. The lowest BCUT2D eigenvalue weighted by molar-refractivity contribution is 0.102. The van der Waals surface area contributed by atoms with E-state index in [2.05, 4.69) is 5.32 Å². The Kier molecular flexibility index (Phi) is 4.14. The Morgan fingerprint density at radius 2 is 2.00 bits per heavy atom. The van der Waals surface area contributed by atoms with Gasteiger partial charge in [-0.25, -0.2) is 4.39 Å². The molecule has 2 aromatic rings. The lowest BCUT2D eigenvalue weighted by Crippen LogP contribution is -2.14. The molecule has 5 heteroatoms. The van der Waals surface area contributed by atoms with Gasteiger partial charge in [0, 0.05) is 5.69 Å². The van der Waals surface area contributed by atoms with E-state index in [4.69, 9.17) is 16.7 Å². The number of aliphatic hydroxyl groups is 1. The van der Waals surface area contributed by atoms with E-state index in [1.54, 1.807) is 24.3 Å². The fourth-order valence-corrected chi connectivity index (χ4v) is 1.80. The number of halogens is 2. The van der Waals surface area contributed by atoms with Gasteiger partial charge in [0.2, 0.25) is 0 Å². The maximum Gasteiger partial charge on any atom is 0.258 e. The number of aliphatic hydroxyl groups excluding tert-OH is 1. The normalized spacial score (nSPS) is 10.3.